The monoisotopic (exact) mass is 137 g/mol. The van der Waals surface area contributed by atoms with Crippen molar-refractivity contribution in [1.82, 2.24) is 9.78 Å². The van der Waals surface area contributed by atoms with Gasteiger partial charge in [0.15, 0.2) is 0 Å². The van der Waals surface area contributed by atoms with Gasteiger partial charge in [-0.25, -0.2) is 0 Å². The maximum Gasteiger partial charge on any atom is 0.145 e. The van der Waals surface area contributed by atoms with Gasteiger partial charge in [0, 0.05) is 6.20 Å². The van der Waals surface area contributed by atoms with Crippen LogP contribution in [0.2, 0.25) is 0 Å². The van der Waals surface area contributed by atoms with Gasteiger partial charge in [0.05, 0.1) is 6.54 Å². The van der Waals surface area contributed by atoms with E-state index < -0.39 is 0 Å². The third-order valence-corrected chi connectivity index (χ3v) is 1.19. The van der Waals surface area contributed by atoms with E-state index in [9.17, 15) is 0 Å². The van der Waals surface area contributed by atoms with E-state index in [1.54, 1.807) is 10.7 Å². The molecular formula is C7H11N3. The Balaban J connectivity index is 2.58. The fraction of sp³-hybridized carbons (Fsp3) is 0.286. The number of allylic oxidation sites excluding steroid dienone is 2. The zero-order valence-corrected chi connectivity index (χ0v) is 5.99. The van der Waals surface area contributed by atoms with Crippen LogP contribution in [0.1, 0.15) is 6.92 Å². The minimum absolute atomic E-state index is 0.574. The van der Waals surface area contributed by atoms with Crippen molar-refractivity contribution in [1.29, 1.82) is 0 Å². The number of rotatable bonds is 2. The van der Waals surface area contributed by atoms with Crippen LogP contribution < -0.4 is 5.73 Å². The lowest BCUT2D eigenvalue weighted by Crippen LogP contribution is -1.96. The van der Waals surface area contributed by atoms with Crippen molar-refractivity contribution in [2.45, 2.75) is 13.5 Å². The van der Waals surface area contributed by atoms with E-state index in [0.717, 1.165) is 6.54 Å². The van der Waals surface area contributed by atoms with E-state index in [2.05, 4.69) is 5.10 Å². The zero-order chi connectivity index (χ0) is 7.40. The molecule has 1 rings (SSSR count). The largest absolute Gasteiger partial charge is 0.382 e. The summed E-state index contributed by atoms with van der Waals surface area (Å²) >= 11 is 0. The molecule has 2 N–H and O–H groups in total. The van der Waals surface area contributed by atoms with Gasteiger partial charge in [0.1, 0.15) is 5.82 Å². The minimum Gasteiger partial charge on any atom is -0.382 e. The fourth-order valence-electron chi connectivity index (χ4n) is 0.692. The van der Waals surface area contributed by atoms with Crippen LogP contribution in [0.15, 0.2) is 24.4 Å². The van der Waals surface area contributed by atoms with Crippen molar-refractivity contribution in [3.8, 4) is 0 Å². The standard InChI is InChI=1S/C7H11N3/c1-2-3-5-10-6-4-7(8)9-10/h2-4,6H,5H2,1H3,(H2,8,9)/b3-2+. The zero-order valence-electron chi connectivity index (χ0n) is 5.99. The molecule has 0 aromatic carbocycles. The second-order valence-electron chi connectivity index (χ2n) is 2.03. The summed E-state index contributed by atoms with van der Waals surface area (Å²) in [5.41, 5.74) is 5.39. The molecular weight excluding hydrogens is 126 g/mol. The molecule has 0 radical (unpaired) electrons. The Morgan fingerprint density at radius 1 is 1.80 bits per heavy atom. The maximum atomic E-state index is 5.39. The van der Waals surface area contributed by atoms with Crippen LogP contribution in [0.5, 0.6) is 0 Å². The average molecular weight is 137 g/mol. The van der Waals surface area contributed by atoms with Gasteiger partial charge >= 0.3 is 0 Å². The lowest BCUT2D eigenvalue weighted by atomic mass is 10.5. The molecule has 3 heteroatoms. The van der Waals surface area contributed by atoms with E-state index in [0.29, 0.717) is 5.82 Å². The van der Waals surface area contributed by atoms with Crippen molar-refractivity contribution in [3.63, 3.8) is 0 Å². The molecule has 54 valence electrons. The van der Waals surface area contributed by atoms with Gasteiger partial charge in [-0.05, 0) is 13.0 Å². The first-order valence-electron chi connectivity index (χ1n) is 3.23. The highest BCUT2D eigenvalue weighted by Gasteiger charge is 1.88. The molecule has 0 atom stereocenters. The van der Waals surface area contributed by atoms with Crippen LogP contribution in [-0.2, 0) is 6.54 Å². The van der Waals surface area contributed by atoms with Crippen LogP contribution in [-0.4, -0.2) is 9.78 Å². The number of aromatic nitrogens is 2. The summed E-state index contributed by atoms with van der Waals surface area (Å²) in [6.07, 6.45) is 5.86. The third-order valence-electron chi connectivity index (χ3n) is 1.19. The first kappa shape index (κ1) is 6.86. The van der Waals surface area contributed by atoms with Crippen LogP contribution in [0.3, 0.4) is 0 Å². The van der Waals surface area contributed by atoms with E-state index >= 15 is 0 Å². The predicted octanol–water partition coefficient (Wildman–Crippen LogP) is 1.04. The molecule has 10 heavy (non-hydrogen) atoms. The number of nitrogen functional groups attached to an aromatic ring is 1. The Bertz CT molecular complexity index is 225. The molecule has 1 heterocycles. The summed E-state index contributed by atoms with van der Waals surface area (Å²) in [5.74, 6) is 0.574. The fourth-order valence-corrected chi connectivity index (χ4v) is 0.692. The highest BCUT2D eigenvalue weighted by atomic mass is 15.3. The van der Waals surface area contributed by atoms with Crippen molar-refractivity contribution < 1.29 is 0 Å². The molecule has 0 unspecified atom stereocenters. The summed E-state index contributed by atoms with van der Waals surface area (Å²) in [4.78, 5) is 0. The summed E-state index contributed by atoms with van der Waals surface area (Å²) in [6, 6.07) is 1.78. The molecule has 0 bridgehead atoms. The number of hydrogen-bond donors (Lipinski definition) is 1. The highest BCUT2D eigenvalue weighted by Crippen LogP contribution is 1.94. The molecule has 0 amide bonds. The normalized spacial score (nSPS) is 10.9. The Hall–Kier alpha value is -1.25. The number of hydrogen-bond acceptors (Lipinski definition) is 2. The highest BCUT2D eigenvalue weighted by molar-refractivity contribution is 5.23. The van der Waals surface area contributed by atoms with E-state index in [4.69, 9.17) is 5.73 Å². The average Bonchev–Trinajstić information content (AvgIpc) is 2.31. The first-order valence-corrected chi connectivity index (χ1v) is 3.23. The number of nitrogens with zero attached hydrogens (tertiary/aromatic N) is 2. The van der Waals surface area contributed by atoms with E-state index in [1.165, 1.54) is 0 Å². The molecule has 3 nitrogen and oxygen atoms in total. The lowest BCUT2D eigenvalue weighted by molar-refractivity contribution is 0.705. The molecule has 0 aliphatic heterocycles. The number of anilines is 1. The predicted molar refractivity (Wildman–Crippen MR) is 41.5 cm³/mol. The van der Waals surface area contributed by atoms with Gasteiger partial charge in [-0.2, -0.15) is 5.10 Å². The Morgan fingerprint density at radius 2 is 2.60 bits per heavy atom. The Kier molecular flexibility index (Phi) is 2.10. The summed E-state index contributed by atoms with van der Waals surface area (Å²) in [6.45, 7) is 2.78. The van der Waals surface area contributed by atoms with Gasteiger partial charge in [-0.1, -0.05) is 12.2 Å². The topological polar surface area (TPSA) is 43.8 Å². The van der Waals surface area contributed by atoms with E-state index in [1.807, 2.05) is 25.3 Å². The van der Waals surface area contributed by atoms with Gasteiger partial charge in [-0.15, -0.1) is 0 Å². The van der Waals surface area contributed by atoms with Gasteiger partial charge < -0.3 is 5.73 Å². The molecule has 0 spiro atoms. The SMILES string of the molecule is C/C=C/Cn1ccc(N)n1. The summed E-state index contributed by atoms with van der Waals surface area (Å²) in [5, 5.41) is 3.99. The van der Waals surface area contributed by atoms with Crippen molar-refractivity contribution in [3.05, 3.63) is 24.4 Å². The lowest BCUT2D eigenvalue weighted by Gasteiger charge is -1.91. The minimum atomic E-state index is 0.574. The van der Waals surface area contributed by atoms with E-state index in [-0.39, 0.29) is 0 Å². The van der Waals surface area contributed by atoms with Gasteiger partial charge in [0.25, 0.3) is 0 Å². The van der Waals surface area contributed by atoms with Crippen molar-refractivity contribution in [2.24, 2.45) is 0 Å². The third kappa shape index (κ3) is 1.62. The van der Waals surface area contributed by atoms with Crippen molar-refractivity contribution >= 4 is 5.82 Å². The molecule has 0 saturated heterocycles. The quantitative estimate of drug-likeness (QED) is 0.619. The smallest absolute Gasteiger partial charge is 0.145 e. The maximum absolute atomic E-state index is 5.39. The Labute approximate surface area is 60.1 Å². The second kappa shape index (κ2) is 3.06. The van der Waals surface area contributed by atoms with Crippen LogP contribution in [0, 0.1) is 0 Å². The molecule has 1 aromatic rings. The van der Waals surface area contributed by atoms with Crippen LogP contribution >= 0.6 is 0 Å². The molecule has 0 aliphatic carbocycles. The summed E-state index contributed by atoms with van der Waals surface area (Å²) in [7, 11) is 0. The van der Waals surface area contributed by atoms with Crippen LogP contribution in [0.25, 0.3) is 0 Å². The summed E-state index contributed by atoms with van der Waals surface area (Å²) < 4.78 is 1.79. The molecule has 0 fully saturated rings. The second-order valence-corrected chi connectivity index (χ2v) is 2.03. The molecule has 0 aliphatic rings. The first-order chi connectivity index (χ1) is 4.83. The van der Waals surface area contributed by atoms with Gasteiger partial charge in [0.2, 0.25) is 0 Å². The Morgan fingerprint density at radius 3 is 3.10 bits per heavy atom. The molecule has 1 aromatic heterocycles. The molecule has 0 saturated carbocycles. The van der Waals surface area contributed by atoms with Crippen molar-refractivity contribution in [2.75, 3.05) is 5.73 Å². The number of nitrogens with two attached hydrogens (primary N) is 1. The van der Waals surface area contributed by atoms with Gasteiger partial charge in [-0.3, -0.25) is 4.68 Å². The van der Waals surface area contributed by atoms with Crippen LogP contribution in [0.4, 0.5) is 5.82 Å².